The molecule has 0 saturated heterocycles. The van der Waals surface area contributed by atoms with E-state index in [9.17, 15) is 9.59 Å². The summed E-state index contributed by atoms with van der Waals surface area (Å²) in [7, 11) is 0. The zero-order valence-electron chi connectivity index (χ0n) is 8.36. The SMILES string of the molecule is C/C=C1/c2ccccc2C(=O)[C@@H]1C(N)=O. The van der Waals surface area contributed by atoms with E-state index in [2.05, 4.69) is 0 Å². The van der Waals surface area contributed by atoms with E-state index in [1.807, 2.05) is 12.1 Å². The molecule has 1 aromatic carbocycles. The number of carbonyl (C=O) groups excluding carboxylic acids is 2. The number of Topliss-reactive ketones (excluding diaryl/α,β-unsaturated/α-hetero) is 1. The Hall–Kier alpha value is -1.90. The van der Waals surface area contributed by atoms with Crippen LogP contribution < -0.4 is 5.73 Å². The Balaban J connectivity index is 2.64. The van der Waals surface area contributed by atoms with Gasteiger partial charge in [0.2, 0.25) is 5.91 Å². The van der Waals surface area contributed by atoms with Crippen LogP contribution in [0.4, 0.5) is 0 Å². The third-order valence-corrected chi connectivity index (χ3v) is 2.67. The minimum Gasteiger partial charge on any atom is -0.369 e. The van der Waals surface area contributed by atoms with Gasteiger partial charge in [0, 0.05) is 5.56 Å². The number of carbonyl (C=O) groups is 2. The number of hydrogen-bond donors (Lipinski definition) is 1. The molecule has 76 valence electrons. The lowest BCUT2D eigenvalue weighted by molar-refractivity contribution is -0.118. The third kappa shape index (κ3) is 1.28. The van der Waals surface area contributed by atoms with Crippen LogP contribution in [-0.2, 0) is 4.79 Å². The second-order valence-electron chi connectivity index (χ2n) is 3.49. The number of rotatable bonds is 1. The zero-order chi connectivity index (χ0) is 11.0. The summed E-state index contributed by atoms with van der Waals surface area (Å²) in [5, 5.41) is 0. The molecule has 2 N–H and O–H groups in total. The summed E-state index contributed by atoms with van der Waals surface area (Å²) in [6, 6.07) is 7.20. The molecular weight excluding hydrogens is 190 g/mol. The molecule has 0 aromatic heterocycles. The molecular formula is C12H11NO2. The number of fused-ring (bicyclic) bond motifs is 1. The molecule has 3 heteroatoms. The summed E-state index contributed by atoms with van der Waals surface area (Å²) >= 11 is 0. The molecule has 1 atom stereocenters. The minimum atomic E-state index is -0.799. The highest BCUT2D eigenvalue weighted by molar-refractivity contribution is 6.24. The van der Waals surface area contributed by atoms with Gasteiger partial charge in [0.15, 0.2) is 5.78 Å². The average Bonchev–Trinajstić information content (AvgIpc) is 2.52. The van der Waals surface area contributed by atoms with E-state index in [1.165, 1.54) is 0 Å². The highest BCUT2D eigenvalue weighted by Gasteiger charge is 2.37. The van der Waals surface area contributed by atoms with Crippen molar-refractivity contribution in [1.82, 2.24) is 0 Å². The van der Waals surface area contributed by atoms with E-state index in [-0.39, 0.29) is 5.78 Å². The van der Waals surface area contributed by atoms with Crippen molar-refractivity contribution in [2.24, 2.45) is 11.7 Å². The molecule has 1 aliphatic rings. The molecule has 0 unspecified atom stereocenters. The molecule has 1 amide bonds. The van der Waals surface area contributed by atoms with Crippen molar-refractivity contribution >= 4 is 17.3 Å². The van der Waals surface area contributed by atoms with Gasteiger partial charge in [0.05, 0.1) is 0 Å². The maximum atomic E-state index is 11.9. The van der Waals surface area contributed by atoms with Crippen LogP contribution in [0.1, 0.15) is 22.8 Å². The van der Waals surface area contributed by atoms with Crippen LogP contribution in [0.2, 0.25) is 0 Å². The Morgan fingerprint density at radius 1 is 1.33 bits per heavy atom. The highest BCUT2D eigenvalue weighted by Crippen LogP contribution is 2.36. The van der Waals surface area contributed by atoms with E-state index in [1.54, 1.807) is 25.1 Å². The Kier molecular flexibility index (Phi) is 2.15. The number of primary amides is 1. The van der Waals surface area contributed by atoms with Crippen molar-refractivity contribution < 1.29 is 9.59 Å². The number of hydrogen-bond acceptors (Lipinski definition) is 2. The molecule has 0 fully saturated rings. The fraction of sp³-hybridized carbons (Fsp3) is 0.167. The Bertz CT molecular complexity index is 474. The lowest BCUT2D eigenvalue weighted by Crippen LogP contribution is -2.27. The smallest absolute Gasteiger partial charge is 0.232 e. The largest absolute Gasteiger partial charge is 0.369 e. The molecule has 15 heavy (non-hydrogen) atoms. The standard InChI is InChI=1S/C12H11NO2/c1-2-7-8-5-3-4-6-9(8)11(14)10(7)12(13)15/h2-6,10H,1H3,(H2,13,15)/b7-2-/t10-/m1/s1. The molecule has 0 aliphatic heterocycles. The summed E-state index contributed by atoms with van der Waals surface area (Å²) < 4.78 is 0. The normalized spacial score (nSPS) is 21.8. The van der Waals surface area contributed by atoms with Gasteiger partial charge >= 0.3 is 0 Å². The monoisotopic (exact) mass is 201 g/mol. The maximum Gasteiger partial charge on any atom is 0.232 e. The highest BCUT2D eigenvalue weighted by atomic mass is 16.2. The van der Waals surface area contributed by atoms with E-state index < -0.39 is 11.8 Å². The first-order valence-electron chi connectivity index (χ1n) is 4.76. The molecule has 2 rings (SSSR count). The first-order valence-corrected chi connectivity index (χ1v) is 4.76. The zero-order valence-corrected chi connectivity index (χ0v) is 8.36. The van der Waals surface area contributed by atoms with Crippen molar-refractivity contribution in [3.63, 3.8) is 0 Å². The summed E-state index contributed by atoms with van der Waals surface area (Å²) in [4.78, 5) is 23.1. The molecule has 0 heterocycles. The van der Waals surface area contributed by atoms with Gasteiger partial charge in [0.25, 0.3) is 0 Å². The van der Waals surface area contributed by atoms with Crippen molar-refractivity contribution in [2.75, 3.05) is 0 Å². The lowest BCUT2D eigenvalue weighted by Gasteiger charge is -2.05. The number of amides is 1. The second kappa shape index (κ2) is 3.35. The number of benzene rings is 1. The number of ketones is 1. The van der Waals surface area contributed by atoms with Crippen molar-refractivity contribution in [1.29, 1.82) is 0 Å². The number of nitrogens with two attached hydrogens (primary N) is 1. The molecule has 1 aromatic rings. The third-order valence-electron chi connectivity index (χ3n) is 2.67. The van der Waals surface area contributed by atoms with Crippen LogP contribution in [0.3, 0.4) is 0 Å². The topological polar surface area (TPSA) is 60.2 Å². The lowest BCUT2D eigenvalue weighted by atomic mass is 9.98. The van der Waals surface area contributed by atoms with Crippen LogP contribution in [0.15, 0.2) is 30.3 Å². The molecule has 0 saturated carbocycles. The minimum absolute atomic E-state index is 0.189. The van der Waals surface area contributed by atoms with Crippen molar-refractivity contribution in [3.05, 3.63) is 41.5 Å². The van der Waals surface area contributed by atoms with Gasteiger partial charge in [0.1, 0.15) is 5.92 Å². The summed E-state index contributed by atoms with van der Waals surface area (Å²) in [6.07, 6.45) is 1.78. The predicted molar refractivity (Wildman–Crippen MR) is 57.1 cm³/mol. The van der Waals surface area contributed by atoms with Gasteiger partial charge in [-0.2, -0.15) is 0 Å². The second-order valence-corrected chi connectivity index (χ2v) is 3.49. The van der Waals surface area contributed by atoms with Crippen LogP contribution in [0.5, 0.6) is 0 Å². The predicted octanol–water partition coefficient (Wildman–Crippen LogP) is 1.39. The summed E-state index contributed by atoms with van der Waals surface area (Å²) in [6.45, 7) is 1.81. The van der Waals surface area contributed by atoms with E-state index in [0.29, 0.717) is 5.56 Å². The molecule has 3 nitrogen and oxygen atoms in total. The van der Waals surface area contributed by atoms with E-state index in [4.69, 9.17) is 5.73 Å². The molecule has 0 radical (unpaired) electrons. The fourth-order valence-electron chi connectivity index (χ4n) is 2.01. The number of allylic oxidation sites excluding steroid dienone is 1. The first-order chi connectivity index (χ1) is 7.16. The average molecular weight is 201 g/mol. The van der Waals surface area contributed by atoms with Gasteiger partial charge in [-0.15, -0.1) is 0 Å². The van der Waals surface area contributed by atoms with Gasteiger partial charge in [-0.25, -0.2) is 0 Å². The van der Waals surface area contributed by atoms with Crippen LogP contribution >= 0.6 is 0 Å². The van der Waals surface area contributed by atoms with Crippen molar-refractivity contribution in [3.8, 4) is 0 Å². The Morgan fingerprint density at radius 3 is 2.47 bits per heavy atom. The Labute approximate surface area is 87.6 Å². The quantitative estimate of drug-likeness (QED) is 0.698. The van der Waals surface area contributed by atoms with Crippen LogP contribution in [0.25, 0.3) is 5.57 Å². The van der Waals surface area contributed by atoms with Crippen LogP contribution in [-0.4, -0.2) is 11.7 Å². The molecule has 1 aliphatic carbocycles. The Morgan fingerprint density at radius 2 is 1.93 bits per heavy atom. The summed E-state index contributed by atoms with van der Waals surface area (Å²) in [5.41, 5.74) is 7.38. The van der Waals surface area contributed by atoms with Gasteiger partial charge in [-0.3, -0.25) is 9.59 Å². The van der Waals surface area contributed by atoms with E-state index in [0.717, 1.165) is 11.1 Å². The molecule has 0 spiro atoms. The molecule has 0 bridgehead atoms. The van der Waals surface area contributed by atoms with Gasteiger partial charge < -0.3 is 5.73 Å². The van der Waals surface area contributed by atoms with Crippen LogP contribution in [0, 0.1) is 5.92 Å². The summed E-state index contributed by atoms with van der Waals surface area (Å²) in [5.74, 6) is -1.57. The fourth-order valence-corrected chi connectivity index (χ4v) is 2.01. The van der Waals surface area contributed by atoms with Crippen molar-refractivity contribution in [2.45, 2.75) is 6.92 Å². The van der Waals surface area contributed by atoms with Gasteiger partial charge in [-0.1, -0.05) is 30.3 Å². The maximum absolute atomic E-state index is 11.9. The first kappa shape index (κ1) is 9.65. The van der Waals surface area contributed by atoms with Gasteiger partial charge in [-0.05, 0) is 18.1 Å². The van der Waals surface area contributed by atoms with E-state index >= 15 is 0 Å².